The smallest absolute Gasteiger partial charge is 0.236 e. The van der Waals surface area contributed by atoms with Crippen LogP contribution in [0.15, 0.2) is 35.7 Å². The van der Waals surface area contributed by atoms with Crippen LogP contribution >= 0.6 is 11.3 Å². The maximum Gasteiger partial charge on any atom is 0.236 e. The molecule has 0 bridgehead atoms. The van der Waals surface area contributed by atoms with Crippen molar-refractivity contribution in [3.63, 3.8) is 0 Å². The highest BCUT2D eigenvalue weighted by molar-refractivity contribution is 7.10. The SMILES string of the molecule is COc1ccc(N2CCN(C(=O)CN3CCc4sccc4[C@H]3C)CC2)cc1. The molecule has 3 heterocycles. The van der Waals surface area contributed by atoms with Gasteiger partial charge in [-0.25, -0.2) is 0 Å². The van der Waals surface area contributed by atoms with Crippen molar-refractivity contribution >= 4 is 22.9 Å². The minimum absolute atomic E-state index is 0.259. The summed E-state index contributed by atoms with van der Waals surface area (Å²) >= 11 is 1.84. The lowest BCUT2D eigenvalue weighted by molar-refractivity contribution is -0.133. The number of carbonyl (C=O) groups excluding carboxylic acids is 1. The quantitative estimate of drug-likeness (QED) is 0.811. The zero-order valence-corrected chi connectivity index (χ0v) is 16.9. The van der Waals surface area contributed by atoms with Gasteiger partial charge in [-0.1, -0.05) is 0 Å². The van der Waals surface area contributed by atoms with Gasteiger partial charge in [-0.15, -0.1) is 11.3 Å². The van der Waals surface area contributed by atoms with Crippen molar-refractivity contribution in [1.82, 2.24) is 9.80 Å². The molecule has 2 aromatic rings. The number of nitrogens with zero attached hydrogens (tertiary/aromatic N) is 3. The summed E-state index contributed by atoms with van der Waals surface area (Å²) in [5.74, 6) is 1.13. The molecule has 1 fully saturated rings. The van der Waals surface area contributed by atoms with E-state index in [9.17, 15) is 4.79 Å². The van der Waals surface area contributed by atoms with Crippen LogP contribution in [0.1, 0.15) is 23.4 Å². The molecule has 0 N–H and O–H groups in total. The monoisotopic (exact) mass is 385 g/mol. The van der Waals surface area contributed by atoms with Gasteiger partial charge in [0.15, 0.2) is 0 Å². The van der Waals surface area contributed by atoms with E-state index in [0.29, 0.717) is 12.6 Å². The first kappa shape index (κ1) is 18.3. The molecule has 144 valence electrons. The van der Waals surface area contributed by atoms with Crippen LogP contribution in [-0.2, 0) is 11.2 Å². The molecule has 1 atom stereocenters. The average Bonchev–Trinajstić information content (AvgIpc) is 3.20. The number of hydrogen-bond donors (Lipinski definition) is 0. The minimum Gasteiger partial charge on any atom is -0.497 e. The fraction of sp³-hybridized carbons (Fsp3) is 0.476. The molecule has 2 aliphatic heterocycles. The summed E-state index contributed by atoms with van der Waals surface area (Å²) in [6, 6.07) is 10.7. The Balaban J connectivity index is 1.31. The van der Waals surface area contributed by atoms with Crippen LogP contribution in [0.25, 0.3) is 0 Å². The van der Waals surface area contributed by atoms with Gasteiger partial charge in [0.1, 0.15) is 5.75 Å². The standard InChI is InChI=1S/C21H27N3O2S/c1-16-19-8-14-27-20(19)7-9-24(16)15-21(25)23-12-10-22(11-13-23)17-3-5-18(26-2)6-4-17/h3-6,8,14,16H,7,9-13,15H2,1-2H3/t16-/m1/s1. The summed E-state index contributed by atoms with van der Waals surface area (Å²) in [6.45, 7) is 7.06. The molecule has 0 radical (unpaired) electrons. The number of ether oxygens (including phenoxy) is 1. The topological polar surface area (TPSA) is 36.0 Å². The maximum atomic E-state index is 12.8. The average molecular weight is 386 g/mol. The number of anilines is 1. The number of methoxy groups -OCH3 is 1. The first-order valence-electron chi connectivity index (χ1n) is 9.63. The second kappa shape index (κ2) is 7.90. The zero-order chi connectivity index (χ0) is 18.8. The van der Waals surface area contributed by atoms with Gasteiger partial charge in [0.2, 0.25) is 5.91 Å². The van der Waals surface area contributed by atoms with Crippen LogP contribution < -0.4 is 9.64 Å². The lowest BCUT2D eigenvalue weighted by Crippen LogP contribution is -2.52. The van der Waals surface area contributed by atoms with E-state index in [1.165, 1.54) is 16.1 Å². The van der Waals surface area contributed by atoms with E-state index in [2.05, 4.69) is 40.3 Å². The third-order valence-electron chi connectivity index (χ3n) is 5.81. The molecule has 1 saturated heterocycles. The van der Waals surface area contributed by atoms with Crippen LogP contribution in [0, 0.1) is 0 Å². The predicted molar refractivity (Wildman–Crippen MR) is 110 cm³/mol. The Morgan fingerprint density at radius 2 is 1.85 bits per heavy atom. The Kier molecular flexibility index (Phi) is 5.36. The lowest BCUT2D eigenvalue weighted by Gasteiger charge is -2.38. The molecule has 1 aromatic carbocycles. The fourth-order valence-electron chi connectivity index (χ4n) is 4.06. The number of piperazine rings is 1. The highest BCUT2D eigenvalue weighted by atomic mass is 32.1. The molecule has 0 spiro atoms. The minimum atomic E-state index is 0.259. The molecular formula is C21H27N3O2S. The molecule has 1 amide bonds. The van der Waals surface area contributed by atoms with Gasteiger partial charge in [0.05, 0.1) is 13.7 Å². The second-order valence-corrected chi connectivity index (χ2v) is 8.26. The van der Waals surface area contributed by atoms with Crippen molar-refractivity contribution in [2.75, 3.05) is 51.3 Å². The summed E-state index contributed by atoms with van der Waals surface area (Å²) in [5, 5.41) is 2.17. The van der Waals surface area contributed by atoms with E-state index in [1.54, 1.807) is 7.11 Å². The molecule has 6 heteroatoms. The molecule has 0 unspecified atom stereocenters. The van der Waals surface area contributed by atoms with Crippen molar-refractivity contribution in [1.29, 1.82) is 0 Å². The van der Waals surface area contributed by atoms with E-state index >= 15 is 0 Å². The normalized spacial score (nSPS) is 20.4. The summed E-state index contributed by atoms with van der Waals surface area (Å²) in [4.78, 5) is 21.0. The third kappa shape index (κ3) is 3.82. The summed E-state index contributed by atoms with van der Waals surface area (Å²) < 4.78 is 5.23. The van der Waals surface area contributed by atoms with Crippen molar-refractivity contribution in [3.8, 4) is 5.75 Å². The van der Waals surface area contributed by atoms with Crippen molar-refractivity contribution in [3.05, 3.63) is 46.2 Å². The van der Waals surface area contributed by atoms with Crippen molar-refractivity contribution in [2.45, 2.75) is 19.4 Å². The van der Waals surface area contributed by atoms with Gasteiger partial charge in [-0.05, 0) is 54.6 Å². The number of carbonyl (C=O) groups is 1. The molecule has 1 aromatic heterocycles. The van der Waals surface area contributed by atoms with Crippen LogP contribution in [0.3, 0.4) is 0 Å². The number of fused-ring (bicyclic) bond motifs is 1. The largest absolute Gasteiger partial charge is 0.497 e. The molecule has 5 nitrogen and oxygen atoms in total. The zero-order valence-electron chi connectivity index (χ0n) is 16.1. The second-order valence-electron chi connectivity index (χ2n) is 7.26. The van der Waals surface area contributed by atoms with Gasteiger partial charge in [0.25, 0.3) is 0 Å². The predicted octanol–water partition coefficient (Wildman–Crippen LogP) is 3.02. The van der Waals surface area contributed by atoms with Crippen LogP contribution in [0.5, 0.6) is 5.75 Å². The Morgan fingerprint density at radius 1 is 1.11 bits per heavy atom. The third-order valence-corrected chi connectivity index (χ3v) is 6.81. The maximum absolute atomic E-state index is 12.8. The fourth-order valence-corrected chi connectivity index (χ4v) is 5.02. The first-order chi connectivity index (χ1) is 13.2. The number of hydrogen-bond acceptors (Lipinski definition) is 5. The first-order valence-corrected chi connectivity index (χ1v) is 10.5. The van der Waals surface area contributed by atoms with Crippen molar-refractivity contribution in [2.24, 2.45) is 0 Å². The van der Waals surface area contributed by atoms with Gasteiger partial charge >= 0.3 is 0 Å². The number of amides is 1. The van der Waals surface area contributed by atoms with Gasteiger partial charge < -0.3 is 14.5 Å². The number of rotatable bonds is 4. The highest BCUT2D eigenvalue weighted by Crippen LogP contribution is 2.32. The van der Waals surface area contributed by atoms with E-state index in [0.717, 1.165) is 44.9 Å². The van der Waals surface area contributed by atoms with Crippen LogP contribution in [0.4, 0.5) is 5.69 Å². The highest BCUT2D eigenvalue weighted by Gasteiger charge is 2.29. The summed E-state index contributed by atoms with van der Waals surface area (Å²) in [5.41, 5.74) is 2.60. The van der Waals surface area contributed by atoms with Crippen LogP contribution in [-0.4, -0.2) is 62.1 Å². The van der Waals surface area contributed by atoms with Gasteiger partial charge in [-0.3, -0.25) is 9.69 Å². The Morgan fingerprint density at radius 3 is 2.56 bits per heavy atom. The Labute approximate surface area is 165 Å². The molecule has 27 heavy (non-hydrogen) atoms. The van der Waals surface area contributed by atoms with E-state index in [4.69, 9.17) is 4.74 Å². The lowest BCUT2D eigenvalue weighted by atomic mass is 10.0. The molecule has 4 rings (SSSR count). The van der Waals surface area contributed by atoms with E-state index in [-0.39, 0.29) is 5.91 Å². The van der Waals surface area contributed by atoms with Gasteiger partial charge in [0, 0.05) is 49.3 Å². The molecule has 2 aliphatic rings. The Bertz CT molecular complexity index is 781. The Hall–Kier alpha value is -2.05. The molecular weight excluding hydrogens is 358 g/mol. The van der Waals surface area contributed by atoms with Gasteiger partial charge in [-0.2, -0.15) is 0 Å². The summed E-state index contributed by atoms with van der Waals surface area (Å²) in [6.07, 6.45) is 1.07. The number of benzene rings is 1. The molecule has 0 aliphatic carbocycles. The summed E-state index contributed by atoms with van der Waals surface area (Å²) in [7, 11) is 1.68. The number of thiophene rings is 1. The molecule has 0 saturated carbocycles. The van der Waals surface area contributed by atoms with Crippen LogP contribution in [0.2, 0.25) is 0 Å². The van der Waals surface area contributed by atoms with Crippen molar-refractivity contribution < 1.29 is 9.53 Å². The van der Waals surface area contributed by atoms with E-state index < -0.39 is 0 Å². The van der Waals surface area contributed by atoms with E-state index in [1.807, 2.05) is 28.4 Å².